The molecule has 29 heavy (non-hydrogen) atoms. The minimum atomic E-state index is -1.73. The van der Waals surface area contributed by atoms with Crippen molar-refractivity contribution in [1.29, 1.82) is 0 Å². The number of rotatable bonds is 4. The van der Waals surface area contributed by atoms with E-state index in [-0.39, 0.29) is 26.1 Å². The van der Waals surface area contributed by atoms with Crippen LogP contribution in [-0.4, -0.2) is 59.6 Å². The maximum absolute atomic E-state index is 12.9. The summed E-state index contributed by atoms with van der Waals surface area (Å²) < 4.78 is 21.3. The number of nitrogens with zero attached hydrogens (tertiary/aromatic N) is 1. The molecule has 3 heterocycles. The molecule has 0 spiro atoms. The number of carbonyl (C=O) groups excluding carboxylic acids is 3. The highest BCUT2D eigenvalue weighted by atomic mass is 16.6. The summed E-state index contributed by atoms with van der Waals surface area (Å²) in [6, 6.07) is 3.24. The summed E-state index contributed by atoms with van der Waals surface area (Å²) in [6.07, 6.45) is -1.35. The molecule has 2 aliphatic heterocycles. The second-order valence-corrected chi connectivity index (χ2v) is 7.66. The predicted molar refractivity (Wildman–Crippen MR) is 92.7 cm³/mol. The summed E-state index contributed by atoms with van der Waals surface area (Å²) in [4.78, 5) is 38.2. The molecular weight excluding hydrogens is 386 g/mol. The molecule has 2 saturated heterocycles. The van der Waals surface area contributed by atoms with Crippen LogP contribution in [0.1, 0.15) is 30.5 Å². The highest BCUT2D eigenvalue weighted by Crippen LogP contribution is 2.58. The minimum absolute atomic E-state index is 0.114. The van der Waals surface area contributed by atoms with Gasteiger partial charge in [0, 0.05) is 18.9 Å². The number of aliphatic hydroxyl groups is 2. The van der Waals surface area contributed by atoms with E-state index in [1.165, 1.54) is 7.11 Å². The van der Waals surface area contributed by atoms with Gasteiger partial charge in [-0.2, -0.15) is 4.90 Å². The van der Waals surface area contributed by atoms with E-state index in [0.717, 1.165) is 7.11 Å². The molecule has 10 heteroatoms. The van der Waals surface area contributed by atoms with Gasteiger partial charge in [0.15, 0.2) is 5.79 Å². The van der Waals surface area contributed by atoms with E-state index in [0.29, 0.717) is 16.4 Å². The van der Waals surface area contributed by atoms with Gasteiger partial charge in [-0.3, -0.25) is 9.59 Å². The molecule has 1 saturated carbocycles. The average Bonchev–Trinajstić information content (AvgIpc) is 3.37. The van der Waals surface area contributed by atoms with Crippen molar-refractivity contribution in [3.63, 3.8) is 0 Å². The Hall–Kier alpha value is -2.27. The Morgan fingerprint density at radius 3 is 2.66 bits per heavy atom. The third kappa shape index (κ3) is 2.90. The van der Waals surface area contributed by atoms with Gasteiger partial charge in [0.25, 0.3) is 0 Å². The van der Waals surface area contributed by atoms with Gasteiger partial charge in [-0.15, -0.1) is 0 Å². The van der Waals surface area contributed by atoms with E-state index in [4.69, 9.17) is 13.9 Å². The fraction of sp³-hybridized carbons (Fsp3) is 0.632. The summed E-state index contributed by atoms with van der Waals surface area (Å²) in [6.45, 7) is -0.166. The highest BCUT2D eigenvalue weighted by molar-refractivity contribution is 6.15. The molecular formula is C19H23NO9. The Bertz CT molecular complexity index is 835. The number of furan rings is 1. The van der Waals surface area contributed by atoms with Crippen LogP contribution in [-0.2, 0) is 30.4 Å². The SMILES string of the molecule is COC[C@H]1C[C@@H]2C(=O)N(C(=O)OC)C(=O)[C@@H]2[C@@H]2C[C@@H](c3ccc(CO)o3)O[C@]12O. The number of carbonyl (C=O) groups is 3. The molecule has 6 atom stereocenters. The van der Waals surface area contributed by atoms with E-state index in [2.05, 4.69) is 4.74 Å². The number of methoxy groups -OCH3 is 2. The lowest BCUT2D eigenvalue weighted by atomic mass is 9.64. The lowest BCUT2D eigenvalue weighted by molar-refractivity contribution is -0.276. The van der Waals surface area contributed by atoms with Crippen LogP contribution in [0.3, 0.4) is 0 Å². The van der Waals surface area contributed by atoms with Crippen molar-refractivity contribution < 1.29 is 43.2 Å². The number of ether oxygens (including phenoxy) is 3. The number of amides is 3. The van der Waals surface area contributed by atoms with Crippen molar-refractivity contribution in [2.45, 2.75) is 31.3 Å². The first kappa shape index (κ1) is 20.0. The van der Waals surface area contributed by atoms with E-state index < -0.39 is 53.5 Å². The van der Waals surface area contributed by atoms with Crippen LogP contribution in [0.15, 0.2) is 16.5 Å². The molecule has 10 nitrogen and oxygen atoms in total. The molecule has 0 bridgehead atoms. The molecule has 0 radical (unpaired) electrons. The first-order valence-corrected chi connectivity index (χ1v) is 9.40. The number of likely N-dealkylation sites (tertiary alicyclic amines) is 1. The van der Waals surface area contributed by atoms with Crippen LogP contribution in [0.5, 0.6) is 0 Å². The smallest absolute Gasteiger partial charge is 0.423 e. The summed E-state index contributed by atoms with van der Waals surface area (Å²) >= 11 is 0. The van der Waals surface area contributed by atoms with E-state index in [9.17, 15) is 24.6 Å². The van der Waals surface area contributed by atoms with Crippen LogP contribution in [0.25, 0.3) is 0 Å². The molecule has 3 aliphatic rings. The molecule has 2 N–H and O–H groups in total. The number of hydrogen-bond donors (Lipinski definition) is 2. The number of aliphatic hydroxyl groups excluding tert-OH is 1. The van der Waals surface area contributed by atoms with Crippen LogP contribution in [0.2, 0.25) is 0 Å². The Balaban J connectivity index is 1.70. The fourth-order valence-electron chi connectivity index (χ4n) is 4.98. The quantitative estimate of drug-likeness (QED) is 0.684. The van der Waals surface area contributed by atoms with Crippen molar-refractivity contribution in [1.82, 2.24) is 4.90 Å². The first-order chi connectivity index (χ1) is 13.8. The van der Waals surface area contributed by atoms with Gasteiger partial charge in [-0.05, 0) is 25.0 Å². The zero-order valence-corrected chi connectivity index (χ0v) is 16.1. The number of fused-ring (bicyclic) bond motifs is 3. The van der Waals surface area contributed by atoms with Gasteiger partial charge in [0.2, 0.25) is 11.8 Å². The zero-order valence-electron chi connectivity index (χ0n) is 16.1. The predicted octanol–water partition coefficient (Wildman–Crippen LogP) is 0.572. The Morgan fingerprint density at radius 1 is 1.28 bits per heavy atom. The maximum Gasteiger partial charge on any atom is 0.423 e. The van der Waals surface area contributed by atoms with Gasteiger partial charge in [0.1, 0.15) is 24.2 Å². The highest BCUT2D eigenvalue weighted by Gasteiger charge is 2.68. The zero-order chi connectivity index (χ0) is 20.9. The third-order valence-electron chi connectivity index (χ3n) is 6.24. The van der Waals surface area contributed by atoms with Crippen molar-refractivity contribution >= 4 is 17.9 Å². The number of imide groups is 3. The molecule has 1 aromatic rings. The standard InChI is InChI=1S/C19H23NO9/c1-26-8-9-5-11-15(17(23)20(16(11)22)18(24)27-2)12-6-14(29-19(9,12)25)13-4-3-10(7-21)28-13/h3-4,9,11-12,14-15,21,25H,5-8H2,1-2H3/t9-,11+,12+,14+,15+,19-/m1/s1. The van der Waals surface area contributed by atoms with Gasteiger partial charge in [-0.1, -0.05) is 0 Å². The molecule has 0 aromatic carbocycles. The van der Waals surface area contributed by atoms with E-state index >= 15 is 0 Å². The summed E-state index contributed by atoms with van der Waals surface area (Å²) in [5, 5.41) is 20.7. The fourth-order valence-corrected chi connectivity index (χ4v) is 4.98. The van der Waals surface area contributed by atoms with Crippen LogP contribution in [0, 0.1) is 23.7 Å². The average molecular weight is 409 g/mol. The summed E-state index contributed by atoms with van der Waals surface area (Å²) in [5.41, 5.74) is 0. The summed E-state index contributed by atoms with van der Waals surface area (Å²) in [5.74, 6) is -5.27. The lowest BCUT2D eigenvalue weighted by Crippen LogP contribution is -2.54. The van der Waals surface area contributed by atoms with Gasteiger partial charge < -0.3 is 28.8 Å². The lowest BCUT2D eigenvalue weighted by Gasteiger charge is -2.44. The normalized spacial score (nSPS) is 36.3. The number of hydrogen-bond acceptors (Lipinski definition) is 9. The van der Waals surface area contributed by atoms with Crippen LogP contribution in [0.4, 0.5) is 4.79 Å². The molecule has 1 aliphatic carbocycles. The van der Waals surface area contributed by atoms with Crippen LogP contribution < -0.4 is 0 Å². The molecule has 3 amide bonds. The second kappa shape index (κ2) is 7.21. The van der Waals surface area contributed by atoms with Crippen LogP contribution >= 0.6 is 0 Å². The van der Waals surface area contributed by atoms with E-state index in [1.807, 2.05) is 0 Å². The monoisotopic (exact) mass is 409 g/mol. The van der Waals surface area contributed by atoms with Gasteiger partial charge in [-0.25, -0.2) is 4.79 Å². The van der Waals surface area contributed by atoms with Crippen molar-refractivity contribution in [3.05, 3.63) is 23.7 Å². The van der Waals surface area contributed by atoms with Crippen molar-refractivity contribution in [2.75, 3.05) is 20.8 Å². The van der Waals surface area contributed by atoms with Gasteiger partial charge >= 0.3 is 6.09 Å². The maximum atomic E-state index is 12.9. The van der Waals surface area contributed by atoms with Crippen molar-refractivity contribution in [2.24, 2.45) is 23.7 Å². The van der Waals surface area contributed by atoms with Crippen molar-refractivity contribution in [3.8, 4) is 0 Å². The first-order valence-electron chi connectivity index (χ1n) is 9.40. The molecule has 158 valence electrons. The Labute approximate surface area is 166 Å². The van der Waals surface area contributed by atoms with Gasteiger partial charge in [0.05, 0.1) is 25.6 Å². The minimum Gasteiger partial charge on any atom is -0.461 e. The summed E-state index contributed by atoms with van der Waals surface area (Å²) in [7, 11) is 2.57. The molecule has 4 rings (SSSR count). The molecule has 1 aromatic heterocycles. The second-order valence-electron chi connectivity index (χ2n) is 7.66. The molecule has 0 unspecified atom stereocenters. The molecule has 3 fully saturated rings. The van der Waals surface area contributed by atoms with E-state index in [1.54, 1.807) is 12.1 Å². The Kier molecular flexibility index (Phi) is 4.97. The Morgan fingerprint density at radius 2 is 2.03 bits per heavy atom. The third-order valence-corrected chi connectivity index (χ3v) is 6.24. The topological polar surface area (TPSA) is 136 Å². The largest absolute Gasteiger partial charge is 0.461 e.